The van der Waals surface area contributed by atoms with Crippen LogP contribution in [0.2, 0.25) is 0 Å². The molecule has 10 heteroatoms. The quantitative estimate of drug-likeness (QED) is 0.676. The van der Waals surface area contributed by atoms with E-state index in [9.17, 15) is 18.0 Å². The van der Waals surface area contributed by atoms with E-state index in [1.165, 1.54) is 14.0 Å². The van der Waals surface area contributed by atoms with Gasteiger partial charge >= 0.3 is 11.9 Å². The number of sulfonamides is 1. The zero-order chi connectivity index (χ0) is 16.2. The largest absolute Gasteiger partial charge is 0.476 e. The van der Waals surface area contributed by atoms with Crippen LogP contribution in [0.5, 0.6) is 0 Å². The van der Waals surface area contributed by atoms with Gasteiger partial charge in [-0.3, -0.25) is 9.89 Å². The van der Waals surface area contributed by atoms with Crippen LogP contribution >= 0.6 is 0 Å². The molecule has 1 aromatic rings. The zero-order valence-corrected chi connectivity index (χ0v) is 12.7. The Kier molecular flexibility index (Phi) is 5.44. The van der Waals surface area contributed by atoms with Gasteiger partial charge in [-0.1, -0.05) is 0 Å². The highest BCUT2D eigenvalue weighted by Gasteiger charge is 2.31. The average molecular weight is 319 g/mol. The third kappa shape index (κ3) is 3.79. The van der Waals surface area contributed by atoms with Crippen molar-refractivity contribution in [3.05, 3.63) is 11.4 Å². The van der Waals surface area contributed by atoms with Gasteiger partial charge in [0.1, 0.15) is 4.90 Å². The van der Waals surface area contributed by atoms with Crippen molar-refractivity contribution < 1.29 is 27.9 Å². The number of hydrogen-bond donors (Lipinski definition) is 2. The van der Waals surface area contributed by atoms with E-state index >= 15 is 0 Å². The van der Waals surface area contributed by atoms with Gasteiger partial charge in [0.25, 0.3) is 0 Å². The lowest BCUT2D eigenvalue weighted by Crippen LogP contribution is -2.31. The topological polar surface area (TPSA) is 130 Å². The monoisotopic (exact) mass is 319 g/mol. The predicted molar refractivity (Wildman–Crippen MR) is 71.3 cm³/mol. The minimum Gasteiger partial charge on any atom is -0.476 e. The van der Waals surface area contributed by atoms with Crippen molar-refractivity contribution >= 4 is 22.0 Å². The van der Waals surface area contributed by atoms with Gasteiger partial charge in [0.05, 0.1) is 18.7 Å². The minimum absolute atomic E-state index is 0.120. The zero-order valence-electron chi connectivity index (χ0n) is 11.9. The molecule has 0 amide bonds. The van der Waals surface area contributed by atoms with Crippen molar-refractivity contribution in [2.75, 3.05) is 20.2 Å². The maximum atomic E-state index is 12.4. The third-order valence-electron chi connectivity index (χ3n) is 2.70. The summed E-state index contributed by atoms with van der Waals surface area (Å²) in [5, 5.41) is 14.8. The first kappa shape index (κ1) is 17.1. The number of nitrogens with one attached hydrogen (secondary N) is 1. The van der Waals surface area contributed by atoms with Crippen LogP contribution < -0.4 is 0 Å². The van der Waals surface area contributed by atoms with Crippen LogP contribution in [0, 0.1) is 6.92 Å². The van der Waals surface area contributed by atoms with Crippen LogP contribution in [-0.2, 0) is 19.6 Å². The Hall–Kier alpha value is -1.94. The van der Waals surface area contributed by atoms with Gasteiger partial charge < -0.3 is 9.84 Å². The molecular formula is C11H17N3O6S. The SMILES string of the molecule is CCOC(=O)CCN(C)S(=O)(=O)c1c(C(=O)O)n[nH]c1C. The van der Waals surface area contributed by atoms with Gasteiger partial charge in [-0.05, 0) is 13.8 Å². The summed E-state index contributed by atoms with van der Waals surface area (Å²) < 4.78 is 30.3. The Bertz CT molecular complexity index is 636. The van der Waals surface area contributed by atoms with Crippen LogP contribution in [0.25, 0.3) is 0 Å². The maximum absolute atomic E-state index is 12.4. The number of hydrogen-bond acceptors (Lipinski definition) is 6. The maximum Gasteiger partial charge on any atom is 0.357 e. The molecule has 1 rings (SSSR count). The number of nitrogens with zero attached hydrogens (tertiary/aromatic N) is 2. The number of carboxylic acids is 1. The summed E-state index contributed by atoms with van der Waals surface area (Å²) in [5.41, 5.74) is -0.453. The second-order valence-electron chi connectivity index (χ2n) is 4.21. The standard InChI is InChI=1S/C11H17N3O6S/c1-4-20-8(15)5-6-14(3)21(18,19)10-7(2)12-13-9(10)11(16)17/h4-6H2,1-3H3,(H,12,13)(H,16,17). The molecule has 0 spiro atoms. The van der Waals surface area contributed by atoms with Crippen molar-refractivity contribution in [1.29, 1.82) is 0 Å². The fraction of sp³-hybridized carbons (Fsp3) is 0.545. The van der Waals surface area contributed by atoms with Crippen LogP contribution in [0.1, 0.15) is 29.5 Å². The molecule has 0 aliphatic rings. The molecule has 0 aromatic carbocycles. The number of carbonyl (C=O) groups excluding carboxylic acids is 1. The van der Waals surface area contributed by atoms with Crippen LogP contribution in [0.3, 0.4) is 0 Å². The molecule has 0 unspecified atom stereocenters. The number of H-pyrrole nitrogens is 1. The van der Waals surface area contributed by atoms with Crippen LogP contribution in [0.4, 0.5) is 0 Å². The van der Waals surface area contributed by atoms with E-state index in [0.29, 0.717) is 0 Å². The molecule has 2 N–H and O–H groups in total. The normalized spacial score (nSPS) is 11.6. The summed E-state index contributed by atoms with van der Waals surface area (Å²) in [5.74, 6) is -1.97. The fourth-order valence-electron chi connectivity index (χ4n) is 1.64. The molecule has 0 saturated heterocycles. The number of rotatable bonds is 7. The Morgan fingerprint density at radius 3 is 2.57 bits per heavy atom. The molecule has 1 aromatic heterocycles. The molecule has 0 saturated carbocycles. The Labute approximate surface area is 121 Å². The molecule has 1 heterocycles. The lowest BCUT2D eigenvalue weighted by Gasteiger charge is -2.16. The number of esters is 1. The van der Waals surface area contributed by atoms with Crippen molar-refractivity contribution in [2.45, 2.75) is 25.2 Å². The number of aromatic amines is 1. The molecular weight excluding hydrogens is 302 g/mol. The Morgan fingerprint density at radius 2 is 2.05 bits per heavy atom. The first-order chi connectivity index (χ1) is 9.71. The summed E-state index contributed by atoms with van der Waals surface area (Å²) in [6.07, 6.45) is -0.122. The van der Waals surface area contributed by atoms with Gasteiger partial charge in [0.15, 0.2) is 5.69 Å². The summed E-state index contributed by atoms with van der Waals surface area (Å²) in [6, 6.07) is 0. The highest BCUT2D eigenvalue weighted by atomic mass is 32.2. The predicted octanol–water partition coefficient (Wildman–Crippen LogP) is -0.00998. The molecule has 21 heavy (non-hydrogen) atoms. The molecule has 0 fully saturated rings. The number of carbonyl (C=O) groups is 2. The smallest absolute Gasteiger partial charge is 0.357 e. The molecule has 0 aliphatic heterocycles. The molecule has 0 atom stereocenters. The molecule has 0 radical (unpaired) electrons. The highest BCUT2D eigenvalue weighted by Crippen LogP contribution is 2.21. The van der Waals surface area contributed by atoms with Gasteiger partial charge in [0, 0.05) is 13.6 Å². The molecule has 118 valence electrons. The Morgan fingerprint density at radius 1 is 1.43 bits per heavy atom. The number of aromatic nitrogens is 2. The lowest BCUT2D eigenvalue weighted by atomic mass is 10.4. The number of aromatic carboxylic acids is 1. The fourth-order valence-corrected chi connectivity index (χ4v) is 3.09. The van der Waals surface area contributed by atoms with Crippen molar-refractivity contribution in [3.8, 4) is 0 Å². The molecule has 9 nitrogen and oxygen atoms in total. The summed E-state index contributed by atoms with van der Waals surface area (Å²) in [6.45, 7) is 3.14. The van der Waals surface area contributed by atoms with Gasteiger partial charge in [0.2, 0.25) is 10.0 Å². The van der Waals surface area contributed by atoms with E-state index in [-0.39, 0.29) is 25.3 Å². The van der Waals surface area contributed by atoms with Crippen LogP contribution in [0.15, 0.2) is 4.90 Å². The molecule has 0 aliphatic carbocycles. The highest BCUT2D eigenvalue weighted by molar-refractivity contribution is 7.89. The number of aryl methyl sites for hydroxylation is 1. The summed E-state index contributed by atoms with van der Waals surface area (Å²) >= 11 is 0. The van der Waals surface area contributed by atoms with E-state index in [2.05, 4.69) is 10.2 Å². The van der Waals surface area contributed by atoms with Crippen molar-refractivity contribution in [1.82, 2.24) is 14.5 Å². The summed E-state index contributed by atoms with van der Waals surface area (Å²) in [7, 11) is -2.81. The Balaban J connectivity index is 2.98. The number of ether oxygens (including phenoxy) is 1. The average Bonchev–Trinajstić information content (AvgIpc) is 2.79. The second kappa shape index (κ2) is 6.68. The van der Waals surface area contributed by atoms with Crippen molar-refractivity contribution in [3.63, 3.8) is 0 Å². The van der Waals surface area contributed by atoms with Crippen molar-refractivity contribution in [2.24, 2.45) is 0 Å². The third-order valence-corrected chi connectivity index (χ3v) is 4.72. The minimum atomic E-state index is -4.06. The van der Waals surface area contributed by atoms with E-state index in [0.717, 1.165) is 4.31 Å². The van der Waals surface area contributed by atoms with E-state index in [4.69, 9.17) is 9.84 Å². The number of carboxylic acid groups (broad SMARTS) is 1. The van der Waals surface area contributed by atoms with Gasteiger partial charge in [-0.25, -0.2) is 17.5 Å². The van der Waals surface area contributed by atoms with Crippen LogP contribution in [-0.4, -0.2) is 60.2 Å². The first-order valence-electron chi connectivity index (χ1n) is 6.12. The van der Waals surface area contributed by atoms with Gasteiger partial charge in [-0.2, -0.15) is 5.10 Å². The van der Waals surface area contributed by atoms with E-state index < -0.39 is 32.6 Å². The first-order valence-corrected chi connectivity index (χ1v) is 7.56. The van der Waals surface area contributed by atoms with E-state index in [1.807, 2.05) is 0 Å². The second-order valence-corrected chi connectivity index (χ2v) is 6.19. The lowest BCUT2D eigenvalue weighted by molar-refractivity contribution is -0.143. The summed E-state index contributed by atoms with van der Waals surface area (Å²) in [4.78, 5) is 21.9. The van der Waals surface area contributed by atoms with E-state index in [1.54, 1.807) is 6.92 Å². The van der Waals surface area contributed by atoms with Gasteiger partial charge in [-0.15, -0.1) is 0 Å². The molecule has 0 bridgehead atoms.